The molecule has 1 N–H and O–H groups in total. The average molecular weight is 364 g/mol. The van der Waals surface area contributed by atoms with Crippen molar-refractivity contribution in [1.82, 2.24) is 14.8 Å². The number of amides is 2. The largest absolute Gasteiger partial charge is 0.323 e. The van der Waals surface area contributed by atoms with Gasteiger partial charge in [0.2, 0.25) is 0 Å². The van der Waals surface area contributed by atoms with Crippen LogP contribution in [0.4, 0.5) is 10.5 Å². The molecule has 0 spiro atoms. The summed E-state index contributed by atoms with van der Waals surface area (Å²) in [4.78, 5) is 21.6. The fourth-order valence-corrected chi connectivity index (χ4v) is 4.17. The minimum absolute atomic E-state index is 0.0324. The SMILES string of the molecule is O=C(Nc1ccc(CCc2ccccn2)cc1)N1CCCN2CCCC2C1. The summed E-state index contributed by atoms with van der Waals surface area (Å²) in [5.74, 6) is 0. The van der Waals surface area contributed by atoms with Crippen LogP contribution in [0.5, 0.6) is 0 Å². The van der Waals surface area contributed by atoms with Gasteiger partial charge >= 0.3 is 6.03 Å². The maximum atomic E-state index is 12.7. The maximum Gasteiger partial charge on any atom is 0.321 e. The minimum Gasteiger partial charge on any atom is -0.323 e. The normalized spacial score (nSPS) is 20.1. The van der Waals surface area contributed by atoms with Gasteiger partial charge in [0.1, 0.15) is 0 Å². The van der Waals surface area contributed by atoms with E-state index in [9.17, 15) is 4.79 Å². The van der Waals surface area contributed by atoms with Crippen molar-refractivity contribution in [3.05, 3.63) is 59.9 Å². The van der Waals surface area contributed by atoms with Gasteiger partial charge in [-0.25, -0.2) is 4.79 Å². The Labute approximate surface area is 161 Å². The Morgan fingerprint density at radius 3 is 2.70 bits per heavy atom. The van der Waals surface area contributed by atoms with Crippen LogP contribution in [0.15, 0.2) is 48.7 Å². The molecule has 4 rings (SSSR count). The lowest BCUT2D eigenvalue weighted by Crippen LogP contribution is -2.41. The molecule has 27 heavy (non-hydrogen) atoms. The van der Waals surface area contributed by atoms with Crippen LogP contribution in [0.1, 0.15) is 30.5 Å². The molecule has 2 saturated heterocycles. The number of benzene rings is 1. The van der Waals surface area contributed by atoms with Crippen molar-refractivity contribution in [3.63, 3.8) is 0 Å². The highest BCUT2D eigenvalue weighted by Gasteiger charge is 2.30. The van der Waals surface area contributed by atoms with Crippen LogP contribution >= 0.6 is 0 Å². The second kappa shape index (κ2) is 8.53. The van der Waals surface area contributed by atoms with Crippen LogP contribution in [0.25, 0.3) is 0 Å². The number of aromatic nitrogens is 1. The summed E-state index contributed by atoms with van der Waals surface area (Å²) < 4.78 is 0. The van der Waals surface area contributed by atoms with Gasteiger partial charge in [-0.1, -0.05) is 18.2 Å². The molecular weight excluding hydrogens is 336 g/mol. The van der Waals surface area contributed by atoms with Crippen molar-refractivity contribution in [1.29, 1.82) is 0 Å². The molecule has 2 aliphatic rings. The standard InChI is InChI=1S/C22H28N4O/c27-22(26-16-4-15-25-14-3-6-21(25)17-26)24-20-11-8-18(9-12-20)7-10-19-5-1-2-13-23-19/h1-2,5,8-9,11-13,21H,3-4,6-7,10,14-17H2,(H,24,27). The van der Waals surface area contributed by atoms with Crippen LogP contribution in [0, 0.1) is 0 Å². The topological polar surface area (TPSA) is 48.5 Å². The van der Waals surface area contributed by atoms with E-state index >= 15 is 0 Å². The van der Waals surface area contributed by atoms with E-state index in [-0.39, 0.29) is 6.03 Å². The Morgan fingerprint density at radius 1 is 1.04 bits per heavy atom. The molecule has 0 bridgehead atoms. The predicted octanol–water partition coefficient (Wildman–Crippen LogP) is 3.57. The van der Waals surface area contributed by atoms with Crippen LogP contribution in [0.2, 0.25) is 0 Å². The molecule has 2 aliphatic heterocycles. The molecule has 5 heteroatoms. The summed E-state index contributed by atoms with van der Waals surface area (Å²) >= 11 is 0. The first-order valence-electron chi connectivity index (χ1n) is 10.1. The molecule has 2 aromatic rings. The number of fused-ring (bicyclic) bond motifs is 1. The van der Waals surface area contributed by atoms with E-state index in [0.29, 0.717) is 6.04 Å². The van der Waals surface area contributed by atoms with Gasteiger partial charge in [-0.15, -0.1) is 0 Å². The number of anilines is 1. The van der Waals surface area contributed by atoms with Crippen molar-refractivity contribution in [3.8, 4) is 0 Å². The van der Waals surface area contributed by atoms with Gasteiger partial charge in [0, 0.05) is 43.3 Å². The lowest BCUT2D eigenvalue weighted by atomic mass is 10.1. The van der Waals surface area contributed by atoms with Crippen molar-refractivity contribution in [2.24, 2.45) is 0 Å². The number of carbonyl (C=O) groups is 1. The first kappa shape index (κ1) is 18.0. The highest BCUT2D eigenvalue weighted by atomic mass is 16.2. The van der Waals surface area contributed by atoms with Crippen LogP contribution in [-0.4, -0.2) is 53.0 Å². The fourth-order valence-electron chi connectivity index (χ4n) is 4.17. The fraction of sp³-hybridized carbons (Fsp3) is 0.455. The van der Waals surface area contributed by atoms with E-state index in [4.69, 9.17) is 0 Å². The lowest BCUT2D eigenvalue weighted by molar-refractivity contribution is 0.200. The predicted molar refractivity (Wildman–Crippen MR) is 108 cm³/mol. The van der Waals surface area contributed by atoms with E-state index in [1.165, 1.54) is 24.9 Å². The number of pyridine rings is 1. The van der Waals surface area contributed by atoms with Gasteiger partial charge in [-0.2, -0.15) is 0 Å². The number of hydrogen-bond donors (Lipinski definition) is 1. The van der Waals surface area contributed by atoms with Crippen LogP contribution in [-0.2, 0) is 12.8 Å². The first-order chi connectivity index (χ1) is 13.3. The zero-order valence-electron chi connectivity index (χ0n) is 15.8. The molecule has 1 aromatic carbocycles. The van der Waals surface area contributed by atoms with Crippen molar-refractivity contribution >= 4 is 11.7 Å². The Kier molecular flexibility index (Phi) is 5.68. The molecule has 0 aliphatic carbocycles. The van der Waals surface area contributed by atoms with Gasteiger partial charge in [-0.05, 0) is 68.5 Å². The molecule has 142 valence electrons. The van der Waals surface area contributed by atoms with E-state index < -0.39 is 0 Å². The van der Waals surface area contributed by atoms with Gasteiger partial charge in [0.05, 0.1) is 0 Å². The third-order valence-electron chi connectivity index (χ3n) is 5.69. The highest BCUT2D eigenvalue weighted by Crippen LogP contribution is 2.22. The Hall–Kier alpha value is -2.40. The van der Waals surface area contributed by atoms with E-state index in [1.54, 1.807) is 0 Å². The quantitative estimate of drug-likeness (QED) is 0.902. The number of urea groups is 1. The Bertz CT molecular complexity index is 747. The Morgan fingerprint density at radius 2 is 1.89 bits per heavy atom. The summed E-state index contributed by atoms with van der Waals surface area (Å²) in [6.07, 6.45) is 7.26. The average Bonchev–Trinajstić information content (AvgIpc) is 3.04. The zero-order chi connectivity index (χ0) is 18.5. The number of hydrogen-bond acceptors (Lipinski definition) is 3. The van der Waals surface area contributed by atoms with Crippen molar-refractivity contribution < 1.29 is 4.79 Å². The second-order valence-electron chi connectivity index (χ2n) is 7.58. The third-order valence-corrected chi connectivity index (χ3v) is 5.69. The van der Waals surface area contributed by atoms with Gasteiger partial charge < -0.3 is 10.2 Å². The third kappa shape index (κ3) is 4.66. The van der Waals surface area contributed by atoms with Gasteiger partial charge in [0.15, 0.2) is 0 Å². The summed E-state index contributed by atoms with van der Waals surface area (Å²) in [6.45, 7) is 4.02. The molecule has 0 saturated carbocycles. The van der Waals surface area contributed by atoms with E-state index in [1.807, 2.05) is 35.4 Å². The highest BCUT2D eigenvalue weighted by molar-refractivity contribution is 5.89. The molecule has 2 amide bonds. The summed E-state index contributed by atoms with van der Waals surface area (Å²) in [7, 11) is 0. The number of aryl methyl sites for hydroxylation is 2. The van der Waals surface area contributed by atoms with Crippen LogP contribution < -0.4 is 5.32 Å². The van der Waals surface area contributed by atoms with Crippen molar-refractivity contribution in [2.75, 3.05) is 31.5 Å². The van der Waals surface area contributed by atoms with Crippen molar-refractivity contribution in [2.45, 2.75) is 38.1 Å². The minimum atomic E-state index is 0.0324. The first-order valence-corrected chi connectivity index (χ1v) is 10.1. The van der Waals surface area contributed by atoms with E-state index in [2.05, 4.69) is 33.4 Å². The molecular formula is C22H28N4O. The van der Waals surface area contributed by atoms with Gasteiger partial charge in [-0.3, -0.25) is 9.88 Å². The summed E-state index contributed by atoms with van der Waals surface area (Å²) in [5, 5.41) is 3.08. The molecule has 1 unspecified atom stereocenters. The lowest BCUT2D eigenvalue weighted by Gasteiger charge is -2.25. The molecule has 0 radical (unpaired) electrons. The number of nitrogens with zero attached hydrogens (tertiary/aromatic N) is 3. The molecule has 1 atom stereocenters. The second-order valence-corrected chi connectivity index (χ2v) is 7.58. The number of rotatable bonds is 4. The maximum absolute atomic E-state index is 12.7. The molecule has 2 fully saturated rings. The molecule has 1 aromatic heterocycles. The summed E-state index contributed by atoms with van der Waals surface area (Å²) in [5.41, 5.74) is 3.24. The van der Waals surface area contributed by atoms with E-state index in [0.717, 1.165) is 50.3 Å². The molecule has 5 nitrogen and oxygen atoms in total. The Balaban J connectivity index is 1.30. The van der Waals surface area contributed by atoms with Gasteiger partial charge in [0.25, 0.3) is 0 Å². The summed E-state index contributed by atoms with van der Waals surface area (Å²) in [6, 6.07) is 14.8. The smallest absolute Gasteiger partial charge is 0.321 e. The number of carbonyl (C=O) groups excluding carboxylic acids is 1. The van der Waals surface area contributed by atoms with Crippen LogP contribution in [0.3, 0.4) is 0 Å². The molecule has 3 heterocycles. The zero-order valence-corrected chi connectivity index (χ0v) is 15.8. The monoisotopic (exact) mass is 364 g/mol. The number of nitrogens with one attached hydrogen (secondary N) is 1.